The first kappa shape index (κ1) is 12.5. The Morgan fingerprint density at radius 1 is 1.33 bits per heavy atom. The molecule has 0 bridgehead atoms. The summed E-state index contributed by atoms with van der Waals surface area (Å²) in [7, 11) is 0. The first-order valence-electron chi connectivity index (χ1n) is 5.95. The van der Waals surface area contributed by atoms with Crippen molar-refractivity contribution in [2.75, 3.05) is 26.2 Å². The molecule has 6 nitrogen and oxygen atoms in total. The van der Waals surface area contributed by atoms with Gasteiger partial charge in [-0.2, -0.15) is 0 Å². The van der Waals surface area contributed by atoms with E-state index in [1.165, 1.54) is 0 Å². The van der Waals surface area contributed by atoms with Gasteiger partial charge in [0.2, 0.25) is 0 Å². The summed E-state index contributed by atoms with van der Waals surface area (Å²) in [5, 5.41) is 5.71. The molecule has 0 spiro atoms. The average molecular weight is 248 g/mol. The molecule has 1 aromatic rings. The van der Waals surface area contributed by atoms with Crippen LogP contribution in [0.3, 0.4) is 0 Å². The van der Waals surface area contributed by atoms with E-state index in [1.54, 1.807) is 23.2 Å². The Bertz CT molecular complexity index is 415. The molecule has 1 aliphatic heterocycles. The van der Waals surface area contributed by atoms with Gasteiger partial charge in [0.05, 0.1) is 12.2 Å². The molecule has 6 heteroatoms. The Kier molecular flexibility index (Phi) is 4.25. The lowest BCUT2D eigenvalue weighted by molar-refractivity contribution is -0.146. The summed E-state index contributed by atoms with van der Waals surface area (Å²) in [6.07, 6.45) is 1.65. The SMILES string of the molecule is O=C(NCc1ccccn1)C(=O)N1CCNCC1. The molecule has 1 saturated heterocycles. The van der Waals surface area contributed by atoms with E-state index in [9.17, 15) is 9.59 Å². The Balaban J connectivity index is 1.82. The van der Waals surface area contributed by atoms with Crippen LogP contribution in [0, 0.1) is 0 Å². The zero-order chi connectivity index (χ0) is 12.8. The van der Waals surface area contributed by atoms with Gasteiger partial charge >= 0.3 is 11.8 Å². The number of piperazine rings is 1. The minimum absolute atomic E-state index is 0.275. The summed E-state index contributed by atoms with van der Waals surface area (Å²) < 4.78 is 0. The van der Waals surface area contributed by atoms with Crippen molar-refractivity contribution in [2.24, 2.45) is 0 Å². The molecule has 2 amide bonds. The molecule has 2 N–H and O–H groups in total. The van der Waals surface area contributed by atoms with Crippen LogP contribution >= 0.6 is 0 Å². The Labute approximate surface area is 105 Å². The number of rotatable bonds is 2. The lowest BCUT2D eigenvalue weighted by Crippen LogP contribution is -2.51. The van der Waals surface area contributed by atoms with Gasteiger partial charge in [-0.3, -0.25) is 14.6 Å². The van der Waals surface area contributed by atoms with Gasteiger partial charge in [-0.15, -0.1) is 0 Å². The van der Waals surface area contributed by atoms with Crippen LogP contribution in [-0.2, 0) is 16.1 Å². The van der Waals surface area contributed by atoms with Gasteiger partial charge in [-0.1, -0.05) is 6.07 Å². The third-order valence-corrected chi connectivity index (χ3v) is 2.75. The van der Waals surface area contributed by atoms with Crippen LogP contribution in [0.25, 0.3) is 0 Å². The maximum Gasteiger partial charge on any atom is 0.311 e. The second-order valence-corrected chi connectivity index (χ2v) is 4.05. The molecule has 1 aromatic heterocycles. The van der Waals surface area contributed by atoms with E-state index >= 15 is 0 Å². The fourth-order valence-corrected chi connectivity index (χ4v) is 1.76. The maximum absolute atomic E-state index is 11.8. The van der Waals surface area contributed by atoms with E-state index in [0.29, 0.717) is 13.1 Å². The van der Waals surface area contributed by atoms with Crippen LogP contribution in [0.5, 0.6) is 0 Å². The molecule has 0 aliphatic carbocycles. The normalized spacial score (nSPS) is 15.2. The number of pyridine rings is 1. The Hall–Kier alpha value is -1.95. The summed E-state index contributed by atoms with van der Waals surface area (Å²) >= 11 is 0. The number of carbonyl (C=O) groups is 2. The summed E-state index contributed by atoms with van der Waals surface area (Å²) in [5.41, 5.74) is 0.735. The number of nitrogens with one attached hydrogen (secondary N) is 2. The smallest absolute Gasteiger partial charge is 0.311 e. The molecular formula is C12H16N4O2. The molecule has 1 fully saturated rings. The van der Waals surface area contributed by atoms with E-state index in [4.69, 9.17) is 0 Å². The number of amides is 2. The van der Waals surface area contributed by atoms with Crippen molar-refractivity contribution in [2.45, 2.75) is 6.54 Å². The Morgan fingerprint density at radius 2 is 2.11 bits per heavy atom. The van der Waals surface area contributed by atoms with Crippen molar-refractivity contribution >= 4 is 11.8 Å². The molecule has 0 radical (unpaired) electrons. The number of aromatic nitrogens is 1. The summed E-state index contributed by atoms with van der Waals surface area (Å²) in [6.45, 7) is 2.90. The van der Waals surface area contributed by atoms with Gasteiger partial charge in [0.1, 0.15) is 0 Å². The quantitative estimate of drug-likeness (QED) is 0.667. The minimum Gasteiger partial charge on any atom is -0.342 e. The molecule has 1 aliphatic rings. The highest BCUT2D eigenvalue weighted by Gasteiger charge is 2.22. The number of carbonyl (C=O) groups excluding carboxylic acids is 2. The molecule has 0 aromatic carbocycles. The molecule has 0 atom stereocenters. The fourth-order valence-electron chi connectivity index (χ4n) is 1.76. The Morgan fingerprint density at radius 3 is 2.78 bits per heavy atom. The zero-order valence-corrected chi connectivity index (χ0v) is 10.1. The van der Waals surface area contributed by atoms with Crippen molar-refractivity contribution in [3.05, 3.63) is 30.1 Å². The number of nitrogens with zero attached hydrogens (tertiary/aromatic N) is 2. The maximum atomic E-state index is 11.8. The molecule has 0 unspecified atom stereocenters. The van der Waals surface area contributed by atoms with Crippen LogP contribution in [-0.4, -0.2) is 47.9 Å². The molecule has 18 heavy (non-hydrogen) atoms. The fraction of sp³-hybridized carbons (Fsp3) is 0.417. The topological polar surface area (TPSA) is 74.3 Å². The average Bonchev–Trinajstić information content (AvgIpc) is 2.46. The summed E-state index contributed by atoms with van der Waals surface area (Å²) in [6, 6.07) is 5.44. The number of hydrogen-bond acceptors (Lipinski definition) is 4. The molecule has 2 heterocycles. The third kappa shape index (κ3) is 3.27. The zero-order valence-electron chi connectivity index (χ0n) is 10.1. The highest BCUT2D eigenvalue weighted by molar-refractivity contribution is 6.34. The van der Waals surface area contributed by atoms with E-state index in [0.717, 1.165) is 18.8 Å². The molecule has 96 valence electrons. The lowest BCUT2D eigenvalue weighted by atomic mass is 10.3. The second-order valence-electron chi connectivity index (χ2n) is 4.05. The predicted octanol–water partition coefficient (Wildman–Crippen LogP) is -0.870. The first-order valence-corrected chi connectivity index (χ1v) is 5.95. The van der Waals surface area contributed by atoms with Gasteiger partial charge < -0.3 is 15.5 Å². The largest absolute Gasteiger partial charge is 0.342 e. The van der Waals surface area contributed by atoms with Crippen LogP contribution in [0.4, 0.5) is 0 Å². The summed E-state index contributed by atoms with van der Waals surface area (Å²) in [5.74, 6) is -1.03. The van der Waals surface area contributed by atoms with Crippen molar-refractivity contribution in [1.29, 1.82) is 0 Å². The lowest BCUT2D eigenvalue weighted by Gasteiger charge is -2.26. The predicted molar refractivity (Wildman–Crippen MR) is 65.5 cm³/mol. The monoisotopic (exact) mass is 248 g/mol. The van der Waals surface area contributed by atoms with E-state index < -0.39 is 11.8 Å². The van der Waals surface area contributed by atoms with Crippen LogP contribution < -0.4 is 10.6 Å². The van der Waals surface area contributed by atoms with Gasteiger partial charge in [-0.05, 0) is 12.1 Å². The second kappa shape index (κ2) is 6.11. The van der Waals surface area contributed by atoms with Crippen molar-refractivity contribution < 1.29 is 9.59 Å². The van der Waals surface area contributed by atoms with Gasteiger partial charge in [0.25, 0.3) is 0 Å². The molecule has 0 saturated carbocycles. The van der Waals surface area contributed by atoms with Crippen molar-refractivity contribution in [1.82, 2.24) is 20.5 Å². The third-order valence-electron chi connectivity index (χ3n) is 2.75. The van der Waals surface area contributed by atoms with Crippen LogP contribution in [0.1, 0.15) is 5.69 Å². The highest BCUT2D eigenvalue weighted by Crippen LogP contribution is 1.95. The van der Waals surface area contributed by atoms with Gasteiger partial charge in [0.15, 0.2) is 0 Å². The van der Waals surface area contributed by atoms with Gasteiger partial charge in [0, 0.05) is 32.4 Å². The standard InChI is InChI=1S/C12H16N4O2/c17-11(12(18)16-7-5-13-6-8-16)15-9-10-3-1-2-4-14-10/h1-4,13H,5-9H2,(H,15,17). The summed E-state index contributed by atoms with van der Waals surface area (Å²) in [4.78, 5) is 29.1. The van der Waals surface area contributed by atoms with Crippen LogP contribution in [0.2, 0.25) is 0 Å². The number of hydrogen-bond donors (Lipinski definition) is 2. The van der Waals surface area contributed by atoms with Crippen molar-refractivity contribution in [3.63, 3.8) is 0 Å². The van der Waals surface area contributed by atoms with Crippen molar-refractivity contribution in [3.8, 4) is 0 Å². The van der Waals surface area contributed by atoms with E-state index in [1.807, 2.05) is 6.07 Å². The molecule has 2 rings (SSSR count). The van der Waals surface area contributed by atoms with Crippen LogP contribution in [0.15, 0.2) is 24.4 Å². The molecular weight excluding hydrogens is 232 g/mol. The van der Waals surface area contributed by atoms with E-state index in [2.05, 4.69) is 15.6 Å². The first-order chi connectivity index (χ1) is 8.77. The van der Waals surface area contributed by atoms with E-state index in [-0.39, 0.29) is 6.54 Å². The highest BCUT2D eigenvalue weighted by atomic mass is 16.2. The minimum atomic E-state index is -0.567. The van der Waals surface area contributed by atoms with Gasteiger partial charge in [-0.25, -0.2) is 0 Å².